The highest BCUT2D eigenvalue weighted by atomic mass is 16.5. The molecule has 6 nitrogen and oxygen atoms in total. The van der Waals surface area contributed by atoms with E-state index in [9.17, 15) is 9.59 Å². The van der Waals surface area contributed by atoms with E-state index in [1.165, 1.54) is 10.5 Å². The van der Waals surface area contributed by atoms with E-state index in [2.05, 4.69) is 30.1 Å². The van der Waals surface area contributed by atoms with Crippen molar-refractivity contribution < 1.29 is 14.3 Å². The molecule has 6 heteroatoms. The van der Waals surface area contributed by atoms with E-state index in [1.54, 1.807) is 13.0 Å². The summed E-state index contributed by atoms with van der Waals surface area (Å²) < 4.78 is 5.63. The average Bonchev–Trinajstić information content (AvgIpc) is 2.74. The molecule has 0 spiro atoms. The number of ether oxygens (including phenoxy) is 1. The van der Waals surface area contributed by atoms with Crippen molar-refractivity contribution in [3.05, 3.63) is 59.7 Å². The van der Waals surface area contributed by atoms with Crippen molar-refractivity contribution in [2.24, 2.45) is 0 Å². The van der Waals surface area contributed by atoms with Gasteiger partial charge in [-0.2, -0.15) is 0 Å². The molecule has 3 rings (SSSR count). The molecule has 29 heavy (non-hydrogen) atoms. The summed E-state index contributed by atoms with van der Waals surface area (Å²) in [5, 5.41) is 2.97. The third kappa shape index (κ3) is 4.95. The summed E-state index contributed by atoms with van der Waals surface area (Å²) in [6, 6.07) is 15.4. The molecule has 1 aliphatic rings. The van der Waals surface area contributed by atoms with Crippen LogP contribution in [-0.2, 0) is 22.7 Å². The minimum Gasteiger partial charge on any atom is -0.479 e. The fraction of sp³-hybridized carbons (Fsp3) is 0.391. The summed E-state index contributed by atoms with van der Waals surface area (Å²) in [5.41, 5.74) is 2.93. The van der Waals surface area contributed by atoms with Crippen molar-refractivity contribution in [3.8, 4) is 5.75 Å². The van der Waals surface area contributed by atoms with E-state index in [4.69, 9.17) is 4.74 Å². The molecule has 0 unspecified atom stereocenters. The largest absolute Gasteiger partial charge is 0.479 e. The van der Waals surface area contributed by atoms with E-state index in [1.807, 2.05) is 36.4 Å². The highest BCUT2D eigenvalue weighted by Gasteiger charge is 2.32. The summed E-state index contributed by atoms with van der Waals surface area (Å²) in [6.45, 7) is 9.21. The first kappa shape index (κ1) is 20.9. The van der Waals surface area contributed by atoms with Crippen LogP contribution in [0.4, 0.5) is 5.69 Å². The Labute approximate surface area is 172 Å². The van der Waals surface area contributed by atoms with E-state index in [0.29, 0.717) is 18.0 Å². The van der Waals surface area contributed by atoms with Crippen molar-refractivity contribution in [3.63, 3.8) is 0 Å². The Balaban J connectivity index is 1.66. The van der Waals surface area contributed by atoms with Gasteiger partial charge in [0.2, 0.25) is 5.91 Å². The number of rotatable bonds is 8. The zero-order valence-corrected chi connectivity index (χ0v) is 17.4. The Bertz CT molecular complexity index is 864. The smallest absolute Gasteiger partial charge is 0.268 e. The summed E-state index contributed by atoms with van der Waals surface area (Å²) >= 11 is 0. The molecule has 0 saturated heterocycles. The quantitative estimate of drug-likeness (QED) is 0.747. The lowest BCUT2D eigenvalue weighted by atomic mass is 10.1. The summed E-state index contributed by atoms with van der Waals surface area (Å²) in [4.78, 5) is 29.0. The third-order valence-corrected chi connectivity index (χ3v) is 5.26. The number of carbonyl (C=O) groups excluding carboxylic acids is 2. The third-order valence-electron chi connectivity index (χ3n) is 5.26. The lowest BCUT2D eigenvalue weighted by molar-refractivity contribution is -0.128. The van der Waals surface area contributed by atoms with Gasteiger partial charge in [0.05, 0.1) is 5.69 Å². The van der Waals surface area contributed by atoms with Crippen molar-refractivity contribution >= 4 is 17.5 Å². The second-order valence-corrected chi connectivity index (χ2v) is 7.16. The first-order valence-corrected chi connectivity index (χ1v) is 10.2. The number of amides is 2. The highest BCUT2D eigenvalue weighted by Crippen LogP contribution is 2.33. The second-order valence-electron chi connectivity index (χ2n) is 7.16. The molecule has 0 fully saturated rings. The van der Waals surface area contributed by atoms with Gasteiger partial charge in [-0.15, -0.1) is 0 Å². The van der Waals surface area contributed by atoms with Gasteiger partial charge in [-0.1, -0.05) is 50.2 Å². The van der Waals surface area contributed by atoms with Gasteiger partial charge in [0.15, 0.2) is 6.10 Å². The minimum atomic E-state index is -0.604. The summed E-state index contributed by atoms with van der Waals surface area (Å²) in [5.74, 6) is 0.220. The Morgan fingerprint density at radius 1 is 1.07 bits per heavy atom. The summed E-state index contributed by atoms with van der Waals surface area (Å²) in [7, 11) is 0. The molecule has 0 saturated carbocycles. The van der Waals surface area contributed by atoms with Crippen molar-refractivity contribution in [1.82, 2.24) is 10.2 Å². The van der Waals surface area contributed by atoms with Gasteiger partial charge in [-0.05, 0) is 43.3 Å². The van der Waals surface area contributed by atoms with Gasteiger partial charge in [0.25, 0.3) is 5.91 Å². The van der Waals surface area contributed by atoms with E-state index < -0.39 is 6.10 Å². The molecule has 0 radical (unpaired) electrons. The molecule has 0 aliphatic carbocycles. The standard InChI is InChI=1S/C23H29N3O3/c1-4-25(5-2)15-19-11-7-6-10-18(19)14-24-22(27)16-26-20-12-8-9-13-21(20)29-17(3)23(26)28/h6-13,17H,4-5,14-16H2,1-3H3,(H,24,27)/t17-/m0/s1. The predicted molar refractivity (Wildman–Crippen MR) is 114 cm³/mol. The van der Waals surface area contributed by atoms with Crippen LogP contribution in [0, 0.1) is 0 Å². The van der Waals surface area contributed by atoms with Crippen molar-refractivity contribution in [2.75, 3.05) is 24.5 Å². The molecule has 2 aromatic rings. The molecule has 0 bridgehead atoms. The van der Waals surface area contributed by atoms with E-state index in [-0.39, 0.29) is 18.4 Å². The maximum absolute atomic E-state index is 12.6. The first-order valence-electron chi connectivity index (χ1n) is 10.2. The number of fused-ring (bicyclic) bond motifs is 1. The molecular weight excluding hydrogens is 366 g/mol. The Morgan fingerprint density at radius 3 is 2.45 bits per heavy atom. The van der Waals surface area contributed by atoms with Crippen LogP contribution in [0.2, 0.25) is 0 Å². The molecule has 2 amide bonds. The zero-order chi connectivity index (χ0) is 20.8. The lowest BCUT2D eigenvalue weighted by Gasteiger charge is -2.32. The fourth-order valence-corrected chi connectivity index (χ4v) is 3.49. The van der Waals surface area contributed by atoms with E-state index >= 15 is 0 Å². The molecule has 154 valence electrons. The van der Waals surface area contributed by atoms with Crippen LogP contribution in [0.25, 0.3) is 0 Å². The highest BCUT2D eigenvalue weighted by molar-refractivity contribution is 6.03. The first-order chi connectivity index (χ1) is 14.0. The Hall–Kier alpha value is -2.86. The second kappa shape index (κ2) is 9.56. The number of carbonyl (C=O) groups is 2. The van der Waals surface area contributed by atoms with Gasteiger partial charge >= 0.3 is 0 Å². The molecule has 1 N–H and O–H groups in total. The van der Waals surface area contributed by atoms with Crippen molar-refractivity contribution in [1.29, 1.82) is 0 Å². The number of hydrogen-bond donors (Lipinski definition) is 1. The van der Waals surface area contributed by atoms with Gasteiger partial charge in [-0.3, -0.25) is 19.4 Å². The molecule has 1 heterocycles. The molecule has 0 aromatic heterocycles. The number of hydrogen-bond acceptors (Lipinski definition) is 4. The van der Waals surface area contributed by atoms with Gasteiger partial charge in [0.1, 0.15) is 12.3 Å². The Morgan fingerprint density at radius 2 is 1.72 bits per heavy atom. The monoisotopic (exact) mass is 395 g/mol. The SMILES string of the molecule is CCN(CC)Cc1ccccc1CNC(=O)CN1C(=O)[C@H](C)Oc2ccccc21. The van der Waals surface area contributed by atoms with Gasteiger partial charge < -0.3 is 10.1 Å². The fourth-order valence-electron chi connectivity index (χ4n) is 3.49. The van der Waals surface area contributed by atoms with Crippen LogP contribution < -0.4 is 15.0 Å². The van der Waals surface area contributed by atoms with Crippen LogP contribution in [0.3, 0.4) is 0 Å². The number of anilines is 1. The van der Waals surface area contributed by atoms with Crippen LogP contribution in [0.5, 0.6) is 5.75 Å². The topological polar surface area (TPSA) is 61.9 Å². The number of benzene rings is 2. The van der Waals surface area contributed by atoms with Crippen LogP contribution in [-0.4, -0.2) is 42.5 Å². The predicted octanol–water partition coefficient (Wildman–Crippen LogP) is 2.96. The average molecular weight is 396 g/mol. The molecule has 1 atom stereocenters. The Kier molecular flexibility index (Phi) is 6.88. The van der Waals surface area contributed by atoms with Crippen LogP contribution in [0.1, 0.15) is 31.9 Å². The van der Waals surface area contributed by atoms with Crippen LogP contribution in [0.15, 0.2) is 48.5 Å². The number of nitrogens with one attached hydrogen (secondary N) is 1. The molecule has 1 aliphatic heterocycles. The van der Waals surface area contributed by atoms with Gasteiger partial charge in [-0.25, -0.2) is 0 Å². The van der Waals surface area contributed by atoms with E-state index in [0.717, 1.165) is 25.2 Å². The number of nitrogens with zero attached hydrogens (tertiary/aromatic N) is 2. The van der Waals surface area contributed by atoms with Gasteiger partial charge in [0, 0.05) is 13.1 Å². The molecule has 2 aromatic carbocycles. The zero-order valence-electron chi connectivity index (χ0n) is 17.4. The number of para-hydroxylation sites is 2. The summed E-state index contributed by atoms with van der Waals surface area (Å²) in [6.07, 6.45) is -0.604. The lowest BCUT2D eigenvalue weighted by Crippen LogP contribution is -2.48. The molecular formula is C23H29N3O3. The van der Waals surface area contributed by atoms with Crippen LogP contribution >= 0.6 is 0 Å². The van der Waals surface area contributed by atoms with Crippen molar-refractivity contribution in [2.45, 2.75) is 40.0 Å². The minimum absolute atomic E-state index is 0.0260. The maximum atomic E-state index is 12.6. The maximum Gasteiger partial charge on any atom is 0.268 e. The normalized spacial score (nSPS) is 15.8.